The minimum Gasteiger partial charge on any atom is -0.368 e. The number of nitrogens with one attached hydrogen (secondary N) is 2. The summed E-state index contributed by atoms with van der Waals surface area (Å²) in [5.41, 5.74) is 9.01. The summed E-state index contributed by atoms with van der Waals surface area (Å²) in [6.45, 7) is 7.03. The van der Waals surface area contributed by atoms with Crippen molar-refractivity contribution in [2.24, 2.45) is 0 Å². The molecule has 3 rings (SSSR count). The van der Waals surface area contributed by atoms with Gasteiger partial charge in [0.15, 0.2) is 0 Å². The van der Waals surface area contributed by atoms with Crippen LogP contribution in [0.4, 0.5) is 23.5 Å². The van der Waals surface area contributed by atoms with Crippen LogP contribution in [0.1, 0.15) is 31.9 Å². The first-order chi connectivity index (χ1) is 12.8. The van der Waals surface area contributed by atoms with E-state index in [0.717, 1.165) is 11.3 Å². The summed E-state index contributed by atoms with van der Waals surface area (Å²) in [6, 6.07) is 15.8. The van der Waals surface area contributed by atoms with Crippen molar-refractivity contribution in [1.29, 1.82) is 0 Å². The normalized spacial score (nSPS) is 11.3. The highest BCUT2D eigenvalue weighted by molar-refractivity contribution is 6.31. The molecule has 0 unspecified atom stereocenters. The van der Waals surface area contributed by atoms with Gasteiger partial charge in [-0.2, -0.15) is 15.0 Å². The summed E-state index contributed by atoms with van der Waals surface area (Å²) in [7, 11) is 0. The van der Waals surface area contributed by atoms with E-state index in [1.54, 1.807) is 0 Å². The Hall–Kier alpha value is -2.86. The van der Waals surface area contributed by atoms with Crippen LogP contribution in [0.5, 0.6) is 0 Å². The molecule has 7 heteroatoms. The number of anilines is 4. The average molecular weight is 383 g/mol. The fraction of sp³-hybridized carbons (Fsp3) is 0.250. The molecule has 1 heterocycles. The van der Waals surface area contributed by atoms with Crippen LogP contribution >= 0.6 is 11.6 Å². The van der Waals surface area contributed by atoms with Gasteiger partial charge in [-0.05, 0) is 34.7 Å². The molecule has 0 aliphatic heterocycles. The molecule has 4 N–H and O–H groups in total. The molecule has 0 radical (unpaired) electrons. The zero-order chi connectivity index (χ0) is 19.4. The van der Waals surface area contributed by atoms with E-state index in [1.165, 1.54) is 5.56 Å². The van der Waals surface area contributed by atoms with Crippen molar-refractivity contribution in [3.63, 3.8) is 0 Å². The first-order valence-corrected chi connectivity index (χ1v) is 9.05. The van der Waals surface area contributed by atoms with Crippen LogP contribution < -0.4 is 16.4 Å². The maximum absolute atomic E-state index is 6.17. The monoisotopic (exact) mass is 382 g/mol. The molecule has 27 heavy (non-hydrogen) atoms. The van der Waals surface area contributed by atoms with Crippen molar-refractivity contribution >= 4 is 35.1 Å². The highest BCUT2D eigenvalue weighted by Crippen LogP contribution is 2.24. The predicted molar refractivity (Wildman–Crippen MR) is 111 cm³/mol. The SMILES string of the molecule is CC(C)(C)c1ccc(Nc2nc(N)nc(NCc3ccccc3Cl)n2)cc1. The fourth-order valence-corrected chi connectivity index (χ4v) is 2.73. The number of benzene rings is 2. The molecule has 0 spiro atoms. The van der Waals surface area contributed by atoms with Gasteiger partial charge in [-0.1, -0.05) is 62.7 Å². The van der Waals surface area contributed by atoms with Crippen molar-refractivity contribution in [3.05, 3.63) is 64.7 Å². The zero-order valence-electron chi connectivity index (χ0n) is 15.6. The predicted octanol–water partition coefficient (Wildman–Crippen LogP) is 4.76. The molecule has 6 nitrogen and oxygen atoms in total. The van der Waals surface area contributed by atoms with Crippen LogP contribution in [-0.4, -0.2) is 15.0 Å². The summed E-state index contributed by atoms with van der Waals surface area (Å²) >= 11 is 6.17. The summed E-state index contributed by atoms with van der Waals surface area (Å²) in [5, 5.41) is 6.98. The highest BCUT2D eigenvalue weighted by Gasteiger charge is 2.13. The molecule has 0 aliphatic rings. The van der Waals surface area contributed by atoms with Gasteiger partial charge in [0.1, 0.15) is 0 Å². The molecular weight excluding hydrogens is 360 g/mol. The third kappa shape index (κ3) is 5.08. The van der Waals surface area contributed by atoms with Crippen molar-refractivity contribution in [2.75, 3.05) is 16.4 Å². The Morgan fingerprint density at radius 3 is 2.26 bits per heavy atom. The van der Waals surface area contributed by atoms with E-state index in [0.29, 0.717) is 23.5 Å². The molecule has 0 saturated carbocycles. The van der Waals surface area contributed by atoms with Crippen molar-refractivity contribution in [1.82, 2.24) is 15.0 Å². The van der Waals surface area contributed by atoms with E-state index in [-0.39, 0.29) is 11.4 Å². The van der Waals surface area contributed by atoms with Gasteiger partial charge >= 0.3 is 0 Å². The van der Waals surface area contributed by atoms with Gasteiger partial charge in [0.25, 0.3) is 0 Å². The van der Waals surface area contributed by atoms with Crippen LogP contribution in [-0.2, 0) is 12.0 Å². The van der Waals surface area contributed by atoms with Crippen LogP contribution in [0.3, 0.4) is 0 Å². The number of hydrogen-bond donors (Lipinski definition) is 3. The highest BCUT2D eigenvalue weighted by atomic mass is 35.5. The van der Waals surface area contributed by atoms with Gasteiger partial charge in [0.2, 0.25) is 17.8 Å². The number of hydrogen-bond acceptors (Lipinski definition) is 6. The number of halogens is 1. The minimum absolute atomic E-state index is 0.103. The summed E-state index contributed by atoms with van der Waals surface area (Å²) < 4.78 is 0. The molecule has 0 bridgehead atoms. The van der Waals surface area contributed by atoms with Crippen molar-refractivity contribution < 1.29 is 0 Å². The number of aromatic nitrogens is 3. The fourth-order valence-electron chi connectivity index (χ4n) is 2.53. The molecule has 1 aromatic heterocycles. The minimum atomic E-state index is 0.103. The smallest absolute Gasteiger partial charge is 0.233 e. The Bertz CT molecular complexity index is 919. The maximum atomic E-state index is 6.17. The van der Waals surface area contributed by atoms with Crippen LogP contribution in [0.15, 0.2) is 48.5 Å². The second kappa shape index (κ2) is 7.80. The summed E-state index contributed by atoms with van der Waals surface area (Å²) in [6.07, 6.45) is 0. The third-order valence-electron chi connectivity index (χ3n) is 4.05. The summed E-state index contributed by atoms with van der Waals surface area (Å²) in [5.74, 6) is 0.907. The molecule has 140 valence electrons. The molecule has 0 fully saturated rings. The van der Waals surface area contributed by atoms with Gasteiger partial charge in [-0.15, -0.1) is 0 Å². The topological polar surface area (TPSA) is 88.8 Å². The van der Waals surface area contributed by atoms with Gasteiger partial charge < -0.3 is 16.4 Å². The van der Waals surface area contributed by atoms with E-state index < -0.39 is 0 Å². The molecule has 2 aromatic carbocycles. The average Bonchev–Trinajstić information content (AvgIpc) is 2.60. The molecular formula is C20H23ClN6. The quantitative estimate of drug-likeness (QED) is 0.589. The van der Waals surface area contributed by atoms with E-state index in [1.807, 2.05) is 36.4 Å². The lowest BCUT2D eigenvalue weighted by Gasteiger charge is -2.19. The molecule has 0 amide bonds. The number of nitrogen functional groups attached to an aromatic ring is 1. The van der Waals surface area contributed by atoms with E-state index in [9.17, 15) is 0 Å². The maximum Gasteiger partial charge on any atom is 0.233 e. The second-order valence-electron chi connectivity index (χ2n) is 7.24. The second-order valence-corrected chi connectivity index (χ2v) is 7.65. The Labute approximate surface area is 164 Å². The number of nitrogens with two attached hydrogens (primary N) is 1. The van der Waals surface area contributed by atoms with Crippen molar-refractivity contribution in [2.45, 2.75) is 32.7 Å². The lowest BCUT2D eigenvalue weighted by atomic mass is 9.87. The van der Waals surface area contributed by atoms with Gasteiger partial charge in [0, 0.05) is 17.3 Å². The molecule has 0 atom stereocenters. The first kappa shape index (κ1) is 18.9. The van der Waals surface area contributed by atoms with Gasteiger partial charge in [-0.3, -0.25) is 0 Å². The zero-order valence-corrected chi connectivity index (χ0v) is 16.4. The lowest BCUT2D eigenvalue weighted by molar-refractivity contribution is 0.590. The lowest BCUT2D eigenvalue weighted by Crippen LogP contribution is -2.11. The number of nitrogens with zero attached hydrogens (tertiary/aromatic N) is 3. The first-order valence-electron chi connectivity index (χ1n) is 8.68. The van der Waals surface area contributed by atoms with E-state index >= 15 is 0 Å². The summed E-state index contributed by atoms with van der Waals surface area (Å²) in [4.78, 5) is 12.7. The van der Waals surface area contributed by atoms with Gasteiger partial charge in [0.05, 0.1) is 0 Å². The number of rotatable bonds is 5. The molecule has 0 aliphatic carbocycles. The molecule has 0 saturated heterocycles. The van der Waals surface area contributed by atoms with Crippen LogP contribution in [0.2, 0.25) is 5.02 Å². The van der Waals surface area contributed by atoms with Gasteiger partial charge in [-0.25, -0.2) is 0 Å². The Morgan fingerprint density at radius 2 is 1.59 bits per heavy atom. The van der Waals surface area contributed by atoms with E-state index in [4.69, 9.17) is 17.3 Å². The largest absolute Gasteiger partial charge is 0.368 e. The Balaban J connectivity index is 1.72. The molecule has 3 aromatic rings. The Kier molecular flexibility index (Phi) is 5.46. The Morgan fingerprint density at radius 1 is 0.926 bits per heavy atom. The van der Waals surface area contributed by atoms with Crippen LogP contribution in [0, 0.1) is 0 Å². The standard InChI is InChI=1S/C20H23ClN6/c1-20(2,3)14-8-10-15(11-9-14)24-19-26-17(22)25-18(27-19)23-12-13-6-4-5-7-16(13)21/h4-11H,12H2,1-3H3,(H4,22,23,24,25,26,27). The van der Waals surface area contributed by atoms with Crippen molar-refractivity contribution in [3.8, 4) is 0 Å². The third-order valence-corrected chi connectivity index (χ3v) is 4.42. The van der Waals surface area contributed by atoms with E-state index in [2.05, 4.69) is 58.5 Å². The van der Waals surface area contributed by atoms with Crippen LogP contribution in [0.25, 0.3) is 0 Å².